The van der Waals surface area contributed by atoms with Crippen LogP contribution in [0.15, 0.2) is 0 Å². The van der Waals surface area contributed by atoms with E-state index in [1.165, 1.54) is 82.0 Å². The Balaban J connectivity index is -0.00000128. The molecular weight excluding hydrogens is 309 g/mol. The molecule has 0 bridgehead atoms. The molecule has 0 heterocycles. The molecule has 0 aromatic heterocycles. The Morgan fingerprint density at radius 3 is 0.895 bits per heavy atom. The minimum atomic E-state index is 0. The minimum Gasteiger partial charge on any atom is -1.00 e. The van der Waals surface area contributed by atoms with Crippen molar-refractivity contribution in [3.8, 4) is 0 Å². The first-order chi connectivity index (χ1) is 8.24. The third-order valence-electron chi connectivity index (χ3n) is 3.94. The van der Waals surface area contributed by atoms with Crippen molar-refractivity contribution < 1.29 is 21.5 Å². The van der Waals surface area contributed by atoms with Gasteiger partial charge in [0.1, 0.15) is 0 Å². The molecule has 0 aliphatic carbocycles. The van der Waals surface area contributed by atoms with Crippen LogP contribution in [0.5, 0.6) is 0 Å². The summed E-state index contributed by atoms with van der Waals surface area (Å²) in [5, 5.41) is 0. The summed E-state index contributed by atoms with van der Waals surface area (Å²) in [6.07, 6.45) is 11.1. The molecule has 0 saturated carbocycles. The zero-order valence-corrected chi connectivity index (χ0v) is 17.9. The second-order valence-corrected chi connectivity index (χ2v) is 5.65. The van der Waals surface area contributed by atoms with Gasteiger partial charge in [0.05, 0.1) is 26.2 Å². The Hall–Kier alpha value is 1.44. The number of unbranched alkanes of at least 4 members (excludes halogenated alkanes) is 4. The van der Waals surface area contributed by atoms with Crippen molar-refractivity contribution in [1.29, 1.82) is 0 Å². The SMILES string of the molecule is CCCC[N+](CCCC)(CCCC)CCCC.[Br-].[Na]. The fourth-order valence-corrected chi connectivity index (χ4v) is 2.64. The summed E-state index contributed by atoms with van der Waals surface area (Å²) in [6.45, 7) is 15.0. The van der Waals surface area contributed by atoms with Gasteiger partial charge in [0.2, 0.25) is 0 Å². The van der Waals surface area contributed by atoms with Gasteiger partial charge >= 0.3 is 0 Å². The first kappa shape index (κ1) is 25.4. The van der Waals surface area contributed by atoms with Crippen LogP contribution in [0.25, 0.3) is 0 Å². The molecule has 0 amide bonds. The average Bonchev–Trinajstić information content (AvgIpc) is 2.37. The average molecular weight is 345 g/mol. The molecule has 0 aliphatic heterocycles. The van der Waals surface area contributed by atoms with Crippen LogP contribution >= 0.6 is 0 Å². The molecule has 0 fully saturated rings. The van der Waals surface area contributed by atoms with Gasteiger partial charge in [-0.25, -0.2) is 0 Å². The summed E-state index contributed by atoms with van der Waals surface area (Å²) >= 11 is 0. The van der Waals surface area contributed by atoms with E-state index in [4.69, 9.17) is 0 Å². The number of quaternary nitrogens is 1. The van der Waals surface area contributed by atoms with Crippen LogP contribution in [0, 0.1) is 0 Å². The third-order valence-corrected chi connectivity index (χ3v) is 3.94. The summed E-state index contributed by atoms with van der Waals surface area (Å²) in [4.78, 5) is 0. The van der Waals surface area contributed by atoms with Crippen LogP contribution < -0.4 is 17.0 Å². The van der Waals surface area contributed by atoms with E-state index < -0.39 is 0 Å². The fourth-order valence-electron chi connectivity index (χ4n) is 2.64. The number of rotatable bonds is 12. The molecular formula is C16H36BrNNa. The quantitative estimate of drug-likeness (QED) is 0.373. The first-order valence-electron chi connectivity index (χ1n) is 8.09. The molecule has 0 aromatic carbocycles. The first-order valence-corrected chi connectivity index (χ1v) is 8.09. The molecule has 0 spiro atoms. The van der Waals surface area contributed by atoms with Gasteiger partial charge < -0.3 is 21.5 Å². The van der Waals surface area contributed by atoms with Gasteiger partial charge in [-0.05, 0) is 25.7 Å². The number of hydrogen-bond acceptors (Lipinski definition) is 0. The number of nitrogens with zero attached hydrogens (tertiary/aromatic N) is 1. The van der Waals surface area contributed by atoms with E-state index in [0.717, 1.165) is 0 Å². The smallest absolute Gasteiger partial charge is 0.0786 e. The summed E-state index contributed by atoms with van der Waals surface area (Å²) in [6, 6.07) is 0. The Labute approximate surface area is 155 Å². The molecule has 1 nitrogen and oxygen atoms in total. The van der Waals surface area contributed by atoms with Crippen LogP contribution in [0.3, 0.4) is 0 Å². The summed E-state index contributed by atoms with van der Waals surface area (Å²) in [5.74, 6) is 0. The van der Waals surface area contributed by atoms with E-state index in [-0.39, 0.29) is 46.5 Å². The van der Waals surface area contributed by atoms with Crippen molar-refractivity contribution in [1.82, 2.24) is 0 Å². The van der Waals surface area contributed by atoms with Crippen molar-refractivity contribution in [3.63, 3.8) is 0 Å². The van der Waals surface area contributed by atoms with Gasteiger partial charge in [-0.15, -0.1) is 0 Å². The normalized spacial score (nSPS) is 10.7. The molecule has 3 heteroatoms. The van der Waals surface area contributed by atoms with Crippen molar-refractivity contribution in [2.24, 2.45) is 0 Å². The van der Waals surface area contributed by atoms with Gasteiger partial charge in [-0.2, -0.15) is 0 Å². The topological polar surface area (TPSA) is 0 Å². The van der Waals surface area contributed by atoms with Gasteiger partial charge in [0.15, 0.2) is 0 Å². The third kappa shape index (κ3) is 12.9. The Morgan fingerprint density at radius 1 is 0.526 bits per heavy atom. The molecule has 0 saturated heterocycles. The second kappa shape index (κ2) is 17.5. The van der Waals surface area contributed by atoms with Gasteiger partial charge in [-0.3, -0.25) is 0 Å². The van der Waals surface area contributed by atoms with Gasteiger partial charge in [0, 0.05) is 29.6 Å². The molecule has 1 radical (unpaired) electrons. The van der Waals surface area contributed by atoms with Crippen molar-refractivity contribution in [2.75, 3.05) is 26.2 Å². The largest absolute Gasteiger partial charge is 1.00 e. The maximum Gasteiger partial charge on any atom is 0.0786 e. The molecule has 0 aromatic rings. The molecule has 0 N–H and O–H groups in total. The van der Waals surface area contributed by atoms with Crippen LogP contribution in [-0.4, -0.2) is 60.2 Å². The zero-order chi connectivity index (χ0) is 13.0. The van der Waals surface area contributed by atoms with E-state index in [1.54, 1.807) is 0 Å². The van der Waals surface area contributed by atoms with E-state index in [0.29, 0.717) is 0 Å². The fraction of sp³-hybridized carbons (Fsp3) is 1.00. The zero-order valence-electron chi connectivity index (χ0n) is 14.3. The maximum atomic E-state index is 2.33. The molecule has 0 atom stereocenters. The van der Waals surface area contributed by atoms with Crippen LogP contribution in [-0.2, 0) is 0 Å². The second-order valence-electron chi connectivity index (χ2n) is 5.65. The van der Waals surface area contributed by atoms with Crippen molar-refractivity contribution >= 4 is 29.6 Å². The van der Waals surface area contributed by atoms with E-state index >= 15 is 0 Å². The predicted octanol–water partition coefficient (Wildman–Crippen LogP) is 1.63. The van der Waals surface area contributed by atoms with Crippen LogP contribution in [0.4, 0.5) is 0 Å². The number of hydrogen-bond donors (Lipinski definition) is 0. The summed E-state index contributed by atoms with van der Waals surface area (Å²) < 4.78 is 1.42. The predicted molar refractivity (Wildman–Crippen MR) is 85.1 cm³/mol. The van der Waals surface area contributed by atoms with Crippen molar-refractivity contribution in [3.05, 3.63) is 0 Å². The summed E-state index contributed by atoms with van der Waals surface area (Å²) in [5.41, 5.74) is 0. The van der Waals surface area contributed by atoms with E-state index in [9.17, 15) is 0 Å². The maximum absolute atomic E-state index is 2.33. The number of halogens is 1. The minimum absolute atomic E-state index is 0. The monoisotopic (exact) mass is 344 g/mol. The van der Waals surface area contributed by atoms with Crippen LogP contribution in [0.2, 0.25) is 0 Å². The molecule has 19 heavy (non-hydrogen) atoms. The van der Waals surface area contributed by atoms with E-state index in [2.05, 4.69) is 27.7 Å². The Bertz CT molecular complexity index is 127. The molecule has 0 rings (SSSR count). The Kier molecular flexibility index (Phi) is 23.4. The summed E-state index contributed by atoms with van der Waals surface area (Å²) in [7, 11) is 0. The molecule has 113 valence electrons. The van der Waals surface area contributed by atoms with Gasteiger partial charge in [0.25, 0.3) is 0 Å². The van der Waals surface area contributed by atoms with Crippen LogP contribution in [0.1, 0.15) is 79.1 Å². The van der Waals surface area contributed by atoms with Crippen molar-refractivity contribution in [2.45, 2.75) is 79.1 Å². The van der Waals surface area contributed by atoms with Gasteiger partial charge in [-0.1, -0.05) is 53.4 Å². The molecule has 0 aliphatic rings. The Morgan fingerprint density at radius 2 is 0.737 bits per heavy atom. The standard InChI is InChI=1S/C16H36N.BrH.Na/c1-5-9-13-17(14-10-6-2,15-11-7-3)16-12-8-4;;/h5-16H2,1-4H3;1H;/q+1;;/p-1. The van der Waals surface area contributed by atoms with E-state index in [1.807, 2.05) is 0 Å². The molecule has 0 unspecified atom stereocenters.